The largest absolute Gasteiger partial charge is 0.475 e. The topological polar surface area (TPSA) is 38.2 Å². The van der Waals surface area contributed by atoms with Crippen molar-refractivity contribution in [3.63, 3.8) is 0 Å². The lowest BCUT2D eigenvalue weighted by atomic mass is 10.1. The first-order chi connectivity index (χ1) is 11.2. The maximum Gasteiger partial charge on any atom is 0.453 e. The van der Waals surface area contributed by atoms with Gasteiger partial charge < -0.3 is 9.64 Å². The summed E-state index contributed by atoms with van der Waals surface area (Å²) in [5.41, 5.74) is 1.60. The van der Waals surface area contributed by atoms with Crippen LogP contribution in [0.4, 0.5) is 22.0 Å². The van der Waals surface area contributed by atoms with Crippen molar-refractivity contribution in [2.45, 2.75) is 37.8 Å². The molecule has 0 saturated heterocycles. The fourth-order valence-corrected chi connectivity index (χ4v) is 2.83. The van der Waals surface area contributed by atoms with Crippen LogP contribution in [0, 0.1) is 0 Å². The lowest BCUT2D eigenvalue weighted by Gasteiger charge is -2.22. The number of halogens is 5. The molecule has 10 heteroatoms. The molecule has 0 atom stereocenters. The first kappa shape index (κ1) is 19.0. The lowest BCUT2D eigenvalue weighted by Crippen LogP contribution is -2.36. The van der Waals surface area contributed by atoms with Crippen molar-refractivity contribution in [2.75, 3.05) is 26.7 Å². The van der Waals surface area contributed by atoms with Gasteiger partial charge in [0.05, 0.1) is 18.3 Å². The molecule has 0 aromatic carbocycles. The SMILES string of the molecule is CN1CCC=C(c2nsnc2OCCCCC(F)(F)C(F)(F)F)C1. The summed E-state index contributed by atoms with van der Waals surface area (Å²) in [5.74, 6) is -4.35. The van der Waals surface area contributed by atoms with E-state index in [0.29, 0.717) is 18.1 Å². The molecule has 0 radical (unpaired) electrons. The van der Waals surface area contributed by atoms with Gasteiger partial charge in [0.15, 0.2) is 0 Å². The molecule has 136 valence electrons. The van der Waals surface area contributed by atoms with Gasteiger partial charge in [-0.15, -0.1) is 4.37 Å². The second-order valence-corrected chi connectivity index (χ2v) is 6.21. The van der Waals surface area contributed by atoms with E-state index in [-0.39, 0.29) is 19.4 Å². The van der Waals surface area contributed by atoms with Gasteiger partial charge in [-0.25, -0.2) is 0 Å². The number of nitrogens with zero attached hydrogens (tertiary/aromatic N) is 3. The van der Waals surface area contributed by atoms with Crippen molar-refractivity contribution >= 4 is 17.3 Å². The van der Waals surface area contributed by atoms with Gasteiger partial charge >= 0.3 is 12.1 Å². The van der Waals surface area contributed by atoms with Crippen LogP contribution in [0.25, 0.3) is 5.57 Å². The summed E-state index contributed by atoms with van der Waals surface area (Å²) < 4.78 is 75.3. The van der Waals surface area contributed by atoms with Crippen LogP contribution in [0.3, 0.4) is 0 Å². The fourth-order valence-electron chi connectivity index (χ4n) is 2.30. The molecule has 0 aliphatic carbocycles. The highest BCUT2D eigenvalue weighted by molar-refractivity contribution is 6.99. The van der Waals surface area contributed by atoms with E-state index in [1.807, 2.05) is 13.1 Å². The molecule has 0 bridgehead atoms. The van der Waals surface area contributed by atoms with E-state index in [9.17, 15) is 22.0 Å². The Bertz CT molecular complexity index is 573. The summed E-state index contributed by atoms with van der Waals surface area (Å²) in [6.45, 7) is 1.68. The van der Waals surface area contributed by atoms with Gasteiger partial charge in [0.1, 0.15) is 5.69 Å². The Morgan fingerprint density at radius 1 is 1.21 bits per heavy atom. The first-order valence-electron chi connectivity index (χ1n) is 7.48. The molecular formula is C14H18F5N3OS. The standard InChI is InChI=1S/C14H18F5N3OS/c1-22-7-4-5-10(9-22)11-12(21-24-20-11)23-8-3-2-6-13(15,16)14(17,18)19/h5H,2-4,6-9H2,1H3. The monoisotopic (exact) mass is 371 g/mol. The third-order valence-corrected chi connectivity index (χ3v) is 4.15. The number of hydrogen-bond acceptors (Lipinski definition) is 5. The molecule has 0 unspecified atom stereocenters. The fraction of sp³-hybridized carbons (Fsp3) is 0.714. The number of alkyl halides is 5. The number of unbranched alkanes of at least 4 members (excludes halogenated alkanes) is 1. The van der Waals surface area contributed by atoms with Crippen LogP contribution in [0.5, 0.6) is 5.88 Å². The van der Waals surface area contributed by atoms with Crippen molar-refractivity contribution in [2.24, 2.45) is 0 Å². The van der Waals surface area contributed by atoms with Gasteiger partial charge in [-0.1, -0.05) is 6.08 Å². The highest BCUT2D eigenvalue weighted by Crippen LogP contribution is 2.39. The minimum atomic E-state index is -5.50. The number of likely N-dealkylation sites (N-methyl/N-ethyl adjacent to an activating group) is 1. The minimum absolute atomic E-state index is 0.0233. The third-order valence-electron chi connectivity index (χ3n) is 3.64. The lowest BCUT2D eigenvalue weighted by molar-refractivity contribution is -0.284. The number of aromatic nitrogens is 2. The van der Waals surface area contributed by atoms with E-state index in [4.69, 9.17) is 4.74 Å². The maximum atomic E-state index is 12.8. The summed E-state index contributed by atoms with van der Waals surface area (Å²) in [6, 6.07) is 0. The predicted molar refractivity (Wildman–Crippen MR) is 80.3 cm³/mol. The molecule has 0 fully saturated rings. The van der Waals surface area contributed by atoms with Gasteiger partial charge in [-0.3, -0.25) is 0 Å². The molecule has 0 N–H and O–H groups in total. The highest BCUT2D eigenvalue weighted by atomic mass is 32.1. The minimum Gasteiger partial charge on any atom is -0.475 e. The molecule has 4 nitrogen and oxygen atoms in total. The van der Waals surface area contributed by atoms with E-state index in [1.54, 1.807) is 0 Å². The van der Waals surface area contributed by atoms with Crippen LogP contribution in [0.2, 0.25) is 0 Å². The molecule has 1 aliphatic rings. The van der Waals surface area contributed by atoms with Crippen molar-refractivity contribution in [3.05, 3.63) is 11.8 Å². The molecule has 2 heterocycles. The van der Waals surface area contributed by atoms with Crippen molar-refractivity contribution in [3.8, 4) is 5.88 Å². The van der Waals surface area contributed by atoms with Gasteiger partial charge in [0.2, 0.25) is 0 Å². The van der Waals surface area contributed by atoms with E-state index in [2.05, 4.69) is 13.6 Å². The molecule has 1 aliphatic heterocycles. The summed E-state index contributed by atoms with van der Waals surface area (Å²) in [4.78, 5) is 2.12. The molecular weight excluding hydrogens is 353 g/mol. The van der Waals surface area contributed by atoms with Gasteiger partial charge in [-0.05, 0) is 31.9 Å². The average Bonchev–Trinajstić information content (AvgIpc) is 2.94. The molecule has 0 amide bonds. The van der Waals surface area contributed by atoms with Crippen LogP contribution in [0.1, 0.15) is 31.4 Å². The maximum absolute atomic E-state index is 12.8. The Morgan fingerprint density at radius 3 is 2.62 bits per heavy atom. The van der Waals surface area contributed by atoms with Gasteiger partial charge in [0, 0.05) is 19.5 Å². The molecule has 2 rings (SSSR count). The van der Waals surface area contributed by atoms with Crippen LogP contribution in [-0.2, 0) is 0 Å². The second-order valence-electron chi connectivity index (χ2n) is 5.68. The Hall–Kier alpha value is -1.29. The van der Waals surface area contributed by atoms with Crippen molar-refractivity contribution < 1.29 is 26.7 Å². The highest BCUT2D eigenvalue weighted by Gasteiger charge is 2.56. The molecule has 0 saturated carbocycles. The smallest absolute Gasteiger partial charge is 0.453 e. The Balaban J connectivity index is 1.80. The van der Waals surface area contributed by atoms with Crippen LogP contribution >= 0.6 is 11.7 Å². The molecule has 1 aromatic rings. The summed E-state index contributed by atoms with van der Waals surface area (Å²) in [7, 11) is 1.98. The normalized spacial score (nSPS) is 17.0. The van der Waals surface area contributed by atoms with E-state index in [1.165, 1.54) is 0 Å². The van der Waals surface area contributed by atoms with Crippen LogP contribution in [0.15, 0.2) is 6.08 Å². The first-order valence-corrected chi connectivity index (χ1v) is 8.21. The van der Waals surface area contributed by atoms with Crippen LogP contribution in [-0.4, -0.2) is 52.5 Å². The number of hydrogen-bond donors (Lipinski definition) is 0. The summed E-state index contributed by atoms with van der Waals surface area (Å²) in [6.07, 6.45) is -4.01. The Kier molecular flexibility index (Phi) is 6.13. The Morgan fingerprint density at radius 2 is 1.96 bits per heavy atom. The average molecular weight is 371 g/mol. The van der Waals surface area contributed by atoms with Crippen molar-refractivity contribution in [1.29, 1.82) is 0 Å². The van der Waals surface area contributed by atoms with E-state index < -0.39 is 18.5 Å². The zero-order chi connectivity index (χ0) is 17.8. The molecule has 0 spiro atoms. The van der Waals surface area contributed by atoms with E-state index in [0.717, 1.165) is 30.3 Å². The van der Waals surface area contributed by atoms with Gasteiger partial charge in [0.25, 0.3) is 5.88 Å². The number of rotatable bonds is 7. The van der Waals surface area contributed by atoms with Crippen molar-refractivity contribution in [1.82, 2.24) is 13.6 Å². The van der Waals surface area contributed by atoms with Crippen LogP contribution < -0.4 is 4.74 Å². The zero-order valence-electron chi connectivity index (χ0n) is 13.1. The Labute approximate surface area is 140 Å². The third kappa shape index (κ3) is 4.85. The van der Waals surface area contributed by atoms with Gasteiger partial charge in [-0.2, -0.15) is 26.3 Å². The van der Waals surface area contributed by atoms with E-state index >= 15 is 0 Å². The predicted octanol–water partition coefficient (Wildman–Crippen LogP) is 4.00. The zero-order valence-corrected chi connectivity index (χ0v) is 13.9. The number of ether oxygens (including phenoxy) is 1. The second kappa shape index (κ2) is 7.73. The molecule has 24 heavy (non-hydrogen) atoms. The summed E-state index contributed by atoms with van der Waals surface area (Å²) >= 11 is 0.979. The summed E-state index contributed by atoms with van der Waals surface area (Å²) in [5, 5.41) is 0. The quantitative estimate of drug-likeness (QED) is 0.536. The molecule has 1 aromatic heterocycles.